The Bertz CT molecular complexity index is 516. The van der Waals surface area contributed by atoms with E-state index in [2.05, 4.69) is 9.98 Å². The zero-order valence-electron chi connectivity index (χ0n) is 7.45. The van der Waals surface area contributed by atoms with Gasteiger partial charge in [-0.1, -0.05) is 0 Å². The molecule has 0 bridgehead atoms. The predicted octanol–water partition coefficient (Wildman–Crippen LogP) is 2.20. The van der Waals surface area contributed by atoms with E-state index >= 15 is 0 Å². The first-order valence-electron chi connectivity index (χ1n) is 3.95. The van der Waals surface area contributed by atoms with Gasteiger partial charge in [-0.05, 0) is 6.08 Å². The highest BCUT2D eigenvalue weighted by molar-refractivity contribution is 7.14. The number of aliphatic imine (C=N–C) groups is 1. The third-order valence-corrected chi connectivity index (χ3v) is 2.75. The number of hydrogen-bond donors (Lipinski definition) is 1. The fraction of sp³-hybridized carbons (Fsp3) is 0.125. The fourth-order valence-electron chi connectivity index (χ4n) is 1.00. The van der Waals surface area contributed by atoms with Gasteiger partial charge < -0.3 is 5.11 Å². The summed E-state index contributed by atoms with van der Waals surface area (Å²) in [4.78, 5) is 17.4. The van der Waals surface area contributed by atoms with Gasteiger partial charge in [0, 0.05) is 0 Å². The summed E-state index contributed by atoms with van der Waals surface area (Å²) in [6, 6.07) is 0. The van der Waals surface area contributed by atoms with Crippen LogP contribution in [0.3, 0.4) is 0 Å². The lowest BCUT2D eigenvalue weighted by molar-refractivity contribution is -0.0580. The molecule has 1 aliphatic heterocycles. The van der Waals surface area contributed by atoms with E-state index in [0.717, 1.165) is 23.6 Å². The maximum atomic E-state index is 12.0. The molecule has 0 fully saturated rings. The number of nitrogens with zero attached hydrogens (tertiary/aromatic N) is 2. The standard InChI is InChI=1S/C8H3F3N2O2S/c9-8(10,11)5-1-3(13-5)6-12-2-4(16-6)7(14)15/h1-2H,(H,14,15). The molecule has 16 heavy (non-hydrogen) atoms. The van der Waals surface area contributed by atoms with Gasteiger partial charge in [0.15, 0.2) is 0 Å². The summed E-state index contributed by atoms with van der Waals surface area (Å²) in [7, 11) is 0. The minimum atomic E-state index is -4.46. The molecule has 84 valence electrons. The van der Waals surface area contributed by atoms with E-state index in [4.69, 9.17) is 5.11 Å². The molecular weight excluding hydrogens is 245 g/mol. The van der Waals surface area contributed by atoms with Gasteiger partial charge in [0.25, 0.3) is 0 Å². The van der Waals surface area contributed by atoms with Crippen LogP contribution in [0.1, 0.15) is 14.7 Å². The average molecular weight is 248 g/mol. The maximum absolute atomic E-state index is 12.0. The van der Waals surface area contributed by atoms with Crippen molar-refractivity contribution < 1.29 is 23.1 Å². The van der Waals surface area contributed by atoms with Crippen molar-refractivity contribution in [1.29, 1.82) is 0 Å². The molecule has 0 radical (unpaired) electrons. The summed E-state index contributed by atoms with van der Waals surface area (Å²) in [6.45, 7) is 0. The SMILES string of the molecule is O=C(O)c1cnc(C2=CC(C(F)(F)F)=N2)s1. The minimum absolute atomic E-state index is 0.0356. The molecule has 0 amide bonds. The number of carboxylic acid groups (broad SMARTS) is 1. The highest BCUT2D eigenvalue weighted by Crippen LogP contribution is 2.32. The van der Waals surface area contributed by atoms with Crippen molar-refractivity contribution in [3.8, 4) is 0 Å². The van der Waals surface area contributed by atoms with Gasteiger partial charge >= 0.3 is 12.1 Å². The van der Waals surface area contributed by atoms with E-state index in [1.165, 1.54) is 0 Å². The van der Waals surface area contributed by atoms with Crippen LogP contribution in [0.5, 0.6) is 0 Å². The quantitative estimate of drug-likeness (QED) is 0.872. The Balaban J connectivity index is 2.15. The van der Waals surface area contributed by atoms with Crippen molar-refractivity contribution in [3.63, 3.8) is 0 Å². The van der Waals surface area contributed by atoms with Crippen molar-refractivity contribution in [2.75, 3.05) is 0 Å². The summed E-state index contributed by atoms with van der Waals surface area (Å²) >= 11 is 0.784. The smallest absolute Gasteiger partial charge is 0.433 e. The number of alkyl halides is 3. The van der Waals surface area contributed by atoms with Gasteiger partial charge in [0.2, 0.25) is 0 Å². The topological polar surface area (TPSA) is 62.5 Å². The Morgan fingerprint density at radius 3 is 2.50 bits per heavy atom. The molecule has 4 nitrogen and oxygen atoms in total. The van der Waals surface area contributed by atoms with E-state index in [-0.39, 0.29) is 15.6 Å². The van der Waals surface area contributed by atoms with Crippen LogP contribution in [0.4, 0.5) is 13.2 Å². The normalized spacial score (nSPS) is 15.2. The van der Waals surface area contributed by atoms with Crippen LogP contribution in [-0.2, 0) is 0 Å². The number of aromatic nitrogens is 1. The van der Waals surface area contributed by atoms with E-state index in [9.17, 15) is 18.0 Å². The molecule has 0 aromatic carbocycles. The molecule has 1 N–H and O–H groups in total. The second kappa shape index (κ2) is 3.41. The number of carboxylic acids is 1. The summed E-state index contributed by atoms with van der Waals surface area (Å²) in [5, 5.41) is 8.76. The fourth-order valence-corrected chi connectivity index (χ4v) is 1.72. The van der Waals surface area contributed by atoms with Gasteiger partial charge in [-0.2, -0.15) is 13.2 Å². The van der Waals surface area contributed by atoms with Crippen LogP contribution in [0.25, 0.3) is 5.70 Å². The lowest BCUT2D eigenvalue weighted by Gasteiger charge is -2.14. The van der Waals surface area contributed by atoms with Crippen LogP contribution < -0.4 is 0 Å². The van der Waals surface area contributed by atoms with Crippen LogP contribution >= 0.6 is 11.3 Å². The molecule has 2 heterocycles. The third kappa shape index (κ3) is 1.83. The van der Waals surface area contributed by atoms with Crippen molar-refractivity contribution in [1.82, 2.24) is 4.98 Å². The molecule has 0 aliphatic carbocycles. The summed E-state index contributed by atoms with van der Waals surface area (Å²) in [5.74, 6) is -1.16. The zero-order chi connectivity index (χ0) is 11.9. The number of halogens is 3. The number of thiazole rings is 1. The molecule has 1 aromatic rings. The van der Waals surface area contributed by atoms with Crippen LogP contribution in [0.2, 0.25) is 0 Å². The summed E-state index contributed by atoms with van der Waals surface area (Å²) < 4.78 is 36.1. The second-order valence-corrected chi connectivity index (χ2v) is 3.89. The molecule has 1 aliphatic rings. The molecule has 0 saturated heterocycles. The monoisotopic (exact) mass is 248 g/mol. The van der Waals surface area contributed by atoms with E-state index in [1.807, 2.05) is 0 Å². The Morgan fingerprint density at radius 2 is 2.06 bits per heavy atom. The van der Waals surface area contributed by atoms with Crippen molar-refractivity contribution >= 4 is 28.7 Å². The van der Waals surface area contributed by atoms with Gasteiger partial charge in [0.1, 0.15) is 21.3 Å². The first-order chi connectivity index (χ1) is 7.38. The Labute approximate surface area is 90.8 Å². The van der Waals surface area contributed by atoms with Gasteiger partial charge in [0.05, 0.1) is 6.20 Å². The van der Waals surface area contributed by atoms with Crippen molar-refractivity contribution in [2.45, 2.75) is 6.18 Å². The highest BCUT2D eigenvalue weighted by Gasteiger charge is 2.38. The molecule has 0 saturated carbocycles. The molecule has 0 unspecified atom stereocenters. The number of aromatic carboxylic acids is 1. The number of hydrogen-bond acceptors (Lipinski definition) is 4. The maximum Gasteiger partial charge on any atom is 0.433 e. The molecule has 0 spiro atoms. The number of allylic oxidation sites excluding steroid dienone is 1. The van der Waals surface area contributed by atoms with Gasteiger partial charge in [-0.15, -0.1) is 11.3 Å². The minimum Gasteiger partial charge on any atom is -0.477 e. The molecule has 1 aromatic heterocycles. The summed E-state index contributed by atoms with van der Waals surface area (Å²) in [5.41, 5.74) is -0.917. The lowest BCUT2D eigenvalue weighted by atomic mass is 10.2. The van der Waals surface area contributed by atoms with E-state index in [0.29, 0.717) is 0 Å². The second-order valence-electron chi connectivity index (χ2n) is 2.86. The number of carbonyl (C=O) groups is 1. The summed E-state index contributed by atoms with van der Waals surface area (Å²) in [6.07, 6.45) is -2.54. The largest absolute Gasteiger partial charge is 0.477 e. The molecular formula is C8H3F3N2O2S. The predicted molar refractivity (Wildman–Crippen MR) is 50.5 cm³/mol. The van der Waals surface area contributed by atoms with Crippen LogP contribution in [-0.4, -0.2) is 27.9 Å². The van der Waals surface area contributed by atoms with Crippen LogP contribution in [0.15, 0.2) is 17.3 Å². The van der Waals surface area contributed by atoms with Crippen molar-refractivity contribution in [3.05, 3.63) is 22.2 Å². The van der Waals surface area contributed by atoms with Crippen molar-refractivity contribution in [2.24, 2.45) is 4.99 Å². The third-order valence-electron chi connectivity index (χ3n) is 1.74. The van der Waals surface area contributed by atoms with Gasteiger partial charge in [-0.25, -0.2) is 14.8 Å². The molecule has 8 heteroatoms. The average Bonchev–Trinajstić information content (AvgIpc) is 2.46. The first-order valence-corrected chi connectivity index (χ1v) is 4.76. The number of rotatable bonds is 2. The van der Waals surface area contributed by atoms with Crippen LogP contribution in [0, 0.1) is 0 Å². The Morgan fingerprint density at radius 1 is 1.44 bits per heavy atom. The van der Waals surface area contributed by atoms with E-state index < -0.39 is 17.9 Å². The highest BCUT2D eigenvalue weighted by atomic mass is 32.1. The lowest BCUT2D eigenvalue weighted by Crippen LogP contribution is -2.25. The Hall–Kier alpha value is -1.70. The van der Waals surface area contributed by atoms with Gasteiger partial charge in [-0.3, -0.25) is 0 Å². The van der Waals surface area contributed by atoms with E-state index in [1.54, 1.807) is 0 Å². The zero-order valence-corrected chi connectivity index (χ0v) is 8.26. The molecule has 0 atom stereocenters. The first kappa shape index (κ1) is 10.8. The molecule has 2 rings (SSSR count). The Kier molecular flexibility index (Phi) is 2.30.